The second kappa shape index (κ2) is 5.70. The van der Waals surface area contributed by atoms with E-state index in [1.807, 2.05) is 20.2 Å². The van der Waals surface area contributed by atoms with E-state index >= 15 is 0 Å². The minimum absolute atomic E-state index is 0.206. The molecule has 1 aromatic heterocycles. The molecule has 0 aliphatic rings. The van der Waals surface area contributed by atoms with E-state index in [1.54, 1.807) is 6.33 Å². The zero-order chi connectivity index (χ0) is 10.6. The van der Waals surface area contributed by atoms with Gasteiger partial charge in [-0.05, 0) is 35.9 Å². The molecule has 0 saturated carbocycles. The number of alkyl halides is 1. The lowest BCUT2D eigenvalue weighted by atomic mass is 10.3. The number of hydrogen-bond donors (Lipinski definition) is 0. The van der Waals surface area contributed by atoms with Crippen LogP contribution in [0.2, 0.25) is 0 Å². The number of nitrogens with zero attached hydrogens (tertiary/aromatic N) is 3. The van der Waals surface area contributed by atoms with E-state index in [0.29, 0.717) is 0 Å². The number of aromatic nitrogens is 2. The summed E-state index contributed by atoms with van der Waals surface area (Å²) in [6.07, 6.45) is 4.33. The van der Waals surface area contributed by atoms with Crippen molar-refractivity contribution < 1.29 is 0 Å². The SMILES string of the molecule is CC(Cl)CCN(C)c1ncncc1I. The average molecular weight is 326 g/mol. The lowest BCUT2D eigenvalue weighted by Crippen LogP contribution is -2.22. The van der Waals surface area contributed by atoms with Gasteiger partial charge < -0.3 is 4.90 Å². The van der Waals surface area contributed by atoms with E-state index in [0.717, 1.165) is 22.4 Å². The summed E-state index contributed by atoms with van der Waals surface area (Å²) in [4.78, 5) is 10.3. The summed E-state index contributed by atoms with van der Waals surface area (Å²) in [5.41, 5.74) is 0. The first kappa shape index (κ1) is 12.0. The smallest absolute Gasteiger partial charge is 0.145 e. The molecule has 0 radical (unpaired) electrons. The normalized spacial score (nSPS) is 12.6. The van der Waals surface area contributed by atoms with Gasteiger partial charge in [0.25, 0.3) is 0 Å². The molecule has 0 aromatic carbocycles. The van der Waals surface area contributed by atoms with Crippen molar-refractivity contribution in [2.75, 3.05) is 18.5 Å². The van der Waals surface area contributed by atoms with Crippen LogP contribution in [0.15, 0.2) is 12.5 Å². The minimum atomic E-state index is 0.206. The van der Waals surface area contributed by atoms with Gasteiger partial charge in [0.2, 0.25) is 0 Å². The Kier molecular flexibility index (Phi) is 4.88. The number of hydrogen-bond acceptors (Lipinski definition) is 3. The molecule has 0 fully saturated rings. The molecule has 0 spiro atoms. The number of halogens is 2. The molecule has 1 unspecified atom stereocenters. The van der Waals surface area contributed by atoms with Crippen LogP contribution in [0.5, 0.6) is 0 Å². The summed E-state index contributed by atoms with van der Waals surface area (Å²) in [7, 11) is 2.02. The van der Waals surface area contributed by atoms with Crippen LogP contribution in [0.4, 0.5) is 5.82 Å². The van der Waals surface area contributed by atoms with E-state index < -0.39 is 0 Å². The van der Waals surface area contributed by atoms with E-state index in [4.69, 9.17) is 11.6 Å². The predicted octanol–water partition coefficient (Wildman–Crippen LogP) is 2.53. The second-order valence-electron chi connectivity index (χ2n) is 3.19. The molecule has 1 atom stereocenters. The summed E-state index contributed by atoms with van der Waals surface area (Å²) in [5.74, 6) is 0.970. The Labute approximate surface area is 103 Å². The lowest BCUT2D eigenvalue weighted by molar-refractivity contribution is 0.762. The summed E-state index contributed by atoms with van der Waals surface area (Å²) in [6, 6.07) is 0. The molecule has 0 bridgehead atoms. The van der Waals surface area contributed by atoms with Gasteiger partial charge in [-0.2, -0.15) is 0 Å². The van der Waals surface area contributed by atoms with Gasteiger partial charge in [-0.1, -0.05) is 0 Å². The molecule has 78 valence electrons. The molecule has 0 aliphatic heterocycles. The molecule has 1 rings (SSSR count). The van der Waals surface area contributed by atoms with E-state index in [9.17, 15) is 0 Å². The predicted molar refractivity (Wildman–Crippen MR) is 68.0 cm³/mol. The zero-order valence-electron chi connectivity index (χ0n) is 8.24. The molecule has 1 aromatic rings. The zero-order valence-corrected chi connectivity index (χ0v) is 11.2. The highest BCUT2D eigenvalue weighted by Gasteiger charge is 2.07. The Balaban J connectivity index is 2.60. The molecule has 0 N–H and O–H groups in total. The molecule has 14 heavy (non-hydrogen) atoms. The van der Waals surface area contributed by atoms with Gasteiger partial charge in [-0.3, -0.25) is 0 Å². The summed E-state index contributed by atoms with van der Waals surface area (Å²) in [5, 5.41) is 0.206. The molecule has 0 aliphatic carbocycles. The van der Waals surface area contributed by atoms with Crippen LogP contribution in [-0.4, -0.2) is 28.9 Å². The maximum absolute atomic E-state index is 5.89. The van der Waals surface area contributed by atoms with Crippen molar-refractivity contribution in [3.05, 3.63) is 16.1 Å². The maximum atomic E-state index is 5.89. The third kappa shape index (κ3) is 3.57. The standard InChI is InChI=1S/C9H13ClIN3/c1-7(10)3-4-14(2)9-8(11)5-12-6-13-9/h5-7H,3-4H2,1-2H3. The first-order valence-electron chi connectivity index (χ1n) is 4.42. The van der Waals surface area contributed by atoms with Crippen LogP contribution in [-0.2, 0) is 0 Å². The highest BCUT2D eigenvalue weighted by molar-refractivity contribution is 14.1. The van der Waals surface area contributed by atoms with Gasteiger partial charge in [-0.15, -0.1) is 11.6 Å². The van der Waals surface area contributed by atoms with Gasteiger partial charge >= 0.3 is 0 Å². The summed E-state index contributed by atoms with van der Waals surface area (Å²) < 4.78 is 1.06. The first-order chi connectivity index (χ1) is 6.61. The van der Waals surface area contributed by atoms with Crippen molar-refractivity contribution in [1.82, 2.24) is 9.97 Å². The Morgan fingerprint density at radius 2 is 2.36 bits per heavy atom. The van der Waals surface area contributed by atoms with Crippen LogP contribution >= 0.6 is 34.2 Å². The minimum Gasteiger partial charge on any atom is -0.359 e. The van der Waals surface area contributed by atoms with E-state index in [-0.39, 0.29) is 5.38 Å². The van der Waals surface area contributed by atoms with Crippen LogP contribution in [0.1, 0.15) is 13.3 Å². The highest BCUT2D eigenvalue weighted by atomic mass is 127. The molecular weight excluding hydrogens is 312 g/mol. The van der Waals surface area contributed by atoms with Crippen LogP contribution < -0.4 is 4.90 Å². The average Bonchev–Trinajstić information content (AvgIpc) is 2.15. The Bertz CT molecular complexity index is 293. The number of anilines is 1. The van der Waals surface area contributed by atoms with Gasteiger partial charge in [0.15, 0.2) is 0 Å². The topological polar surface area (TPSA) is 29.0 Å². The third-order valence-electron chi connectivity index (χ3n) is 1.87. The largest absolute Gasteiger partial charge is 0.359 e. The monoisotopic (exact) mass is 325 g/mol. The molecule has 3 nitrogen and oxygen atoms in total. The van der Waals surface area contributed by atoms with Crippen LogP contribution in [0.25, 0.3) is 0 Å². The third-order valence-corrected chi connectivity index (χ3v) is 2.85. The Morgan fingerprint density at radius 3 is 2.93 bits per heavy atom. The number of rotatable bonds is 4. The fourth-order valence-corrected chi connectivity index (χ4v) is 1.87. The molecule has 1 heterocycles. The molecule has 0 saturated heterocycles. The van der Waals surface area contributed by atoms with Crippen molar-refractivity contribution in [2.24, 2.45) is 0 Å². The maximum Gasteiger partial charge on any atom is 0.145 e. The van der Waals surface area contributed by atoms with Gasteiger partial charge in [0.1, 0.15) is 12.1 Å². The van der Waals surface area contributed by atoms with Crippen molar-refractivity contribution in [1.29, 1.82) is 0 Å². The quantitative estimate of drug-likeness (QED) is 0.629. The molecule has 5 heteroatoms. The fraction of sp³-hybridized carbons (Fsp3) is 0.556. The van der Waals surface area contributed by atoms with Crippen molar-refractivity contribution in [2.45, 2.75) is 18.7 Å². The molecular formula is C9H13ClIN3. The van der Waals surface area contributed by atoms with Crippen LogP contribution in [0.3, 0.4) is 0 Å². The van der Waals surface area contributed by atoms with Gasteiger partial charge in [0.05, 0.1) is 3.57 Å². The molecule has 0 amide bonds. The highest BCUT2D eigenvalue weighted by Crippen LogP contribution is 2.17. The first-order valence-corrected chi connectivity index (χ1v) is 5.93. The van der Waals surface area contributed by atoms with Gasteiger partial charge in [0, 0.05) is 25.2 Å². The van der Waals surface area contributed by atoms with Gasteiger partial charge in [-0.25, -0.2) is 9.97 Å². The summed E-state index contributed by atoms with van der Waals surface area (Å²) in [6.45, 7) is 2.91. The van der Waals surface area contributed by atoms with Crippen LogP contribution in [0, 0.1) is 3.57 Å². The van der Waals surface area contributed by atoms with Crippen molar-refractivity contribution >= 4 is 40.0 Å². The fourth-order valence-electron chi connectivity index (χ4n) is 1.06. The van der Waals surface area contributed by atoms with E-state index in [1.165, 1.54) is 0 Å². The second-order valence-corrected chi connectivity index (χ2v) is 5.09. The lowest BCUT2D eigenvalue weighted by Gasteiger charge is -2.19. The van der Waals surface area contributed by atoms with E-state index in [2.05, 4.69) is 37.5 Å². The Morgan fingerprint density at radius 1 is 1.64 bits per heavy atom. The Hall–Kier alpha value is -0.100. The van der Waals surface area contributed by atoms with Crippen molar-refractivity contribution in [3.63, 3.8) is 0 Å². The summed E-state index contributed by atoms with van der Waals surface area (Å²) >= 11 is 8.12. The van der Waals surface area contributed by atoms with Crippen molar-refractivity contribution in [3.8, 4) is 0 Å².